The minimum Gasteiger partial charge on any atom is -0.378 e. The summed E-state index contributed by atoms with van der Waals surface area (Å²) in [5.74, 6) is 0.842. The average molecular weight is 128 g/mol. The summed E-state index contributed by atoms with van der Waals surface area (Å²) in [6, 6.07) is 0. The smallest absolute Gasteiger partial charge is 0.0597 e. The second-order valence-electron chi connectivity index (χ2n) is 3.25. The van der Waals surface area contributed by atoms with Crippen LogP contribution in [0.4, 0.5) is 0 Å². The van der Waals surface area contributed by atoms with E-state index in [1.165, 1.54) is 19.3 Å². The lowest BCUT2D eigenvalue weighted by molar-refractivity contribution is -0.0567. The van der Waals surface area contributed by atoms with E-state index >= 15 is 0 Å². The normalized spacial score (nSPS) is 26.3. The molecule has 1 atom stereocenters. The maximum Gasteiger partial charge on any atom is 0.0597 e. The summed E-state index contributed by atoms with van der Waals surface area (Å²) in [5, 5.41) is 0. The number of hydrogen-bond donors (Lipinski definition) is 0. The van der Waals surface area contributed by atoms with Gasteiger partial charge in [0.1, 0.15) is 0 Å². The molecule has 1 aliphatic rings. The van der Waals surface area contributed by atoms with Gasteiger partial charge in [-0.15, -0.1) is 0 Å². The molecule has 0 spiro atoms. The van der Waals surface area contributed by atoms with Crippen molar-refractivity contribution in [1.82, 2.24) is 0 Å². The Labute approximate surface area is 57.4 Å². The maximum atomic E-state index is 5.28. The minimum absolute atomic E-state index is 0.618. The van der Waals surface area contributed by atoms with Crippen molar-refractivity contribution >= 4 is 0 Å². The Hall–Kier alpha value is -0.0400. The summed E-state index contributed by atoms with van der Waals surface area (Å²) in [6.07, 6.45) is 4.52. The zero-order chi connectivity index (χ0) is 6.69. The quantitative estimate of drug-likeness (QED) is 0.566. The highest BCUT2D eigenvalue weighted by molar-refractivity contribution is 4.66. The molecule has 0 N–H and O–H groups in total. The molecule has 1 unspecified atom stereocenters. The largest absolute Gasteiger partial charge is 0.378 e. The van der Waals surface area contributed by atoms with Gasteiger partial charge in [0.05, 0.1) is 6.10 Å². The van der Waals surface area contributed by atoms with E-state index in [4.69, 9.17) is 4.74 Å². The van der Waals surface area contributed by atoms with Crippen LogP contribution in [0.1, 0.15) is 33.1 Å². The summed E-state index contributed by atoms with van der Waals surface area (Å²) < 4.78 is 5.28. The summed E-state index contributed by atoms with van der Waals surface area (Å²) in [7, 11) is 0. The van der Waals surface area contributed by atoms with Gasteiger partial charge in [-0.05, 0) is 25.2 Å². The predicted molar refractivity (Wildman–Crippen MR) is 38.4 cm³/mol. The molecule has 1 heterocycles. The third-order valence-electron chi connectivity index (χ3n) is 1.86. The van der Waals surface area contributed by atoms with Crippen LogP contribution in [0.25, 0.3) is 0 Å². The highest BCUT2D eigenvalue weighted by Gasteiger charge is 2.17. The van der Waals surface area contributed by atoms with Gasteiger partial charge in [0.25, 0.3) is 0 Å². The number of ether oxygens (including phenoxy) is 1. The Morgan fingerprint density at radius 3 is 2.56 bits per heavy atom. The molecule has 54 valence electrons. The van der Waals surface area contributed by atoms with Gasteiger partial charge in [0.15, 0.2) is 0 Å². The molecule has 0 aromatic heterocycles. The van der Waals surface area contributed by atoms with Crippen molar-refractivity contribution in [2.75, 3.05) is 6.61 Å². The predicted octanol–water partition coefficient (Wildman–Crippen LogP) is 2.21. The Morgan fingerprint density at radius 2 is 2.22 bits per heavy atom. The molecule has 1 heteroatoms. The molecule has 0 aliphatic carbocycles. The lowest BCUT2D eigenvalue weighted by atomic mass is 10.0. The third-order valence-corrected chi connectivity index (χ3v) is 1.86. The van der Waals surface area contributed by atoms with Gasteiger partial charge < -0.3 is 4.74 Å². The van der Waals surface area contributed by atoms with Crippen LogP contribution in [0.5, 0.6) is 0 Å². The molecular weight excluding hydrogens is 112 g/mol. The number of rotatable bonds is 3. The van der Waals surface area contributed by atoms with Crippen molar-refractivity contribution in [3.05, 3.63) is 0 Å². The fraction of sp³-hybridized carbons (Fsp3) is 1.00. The Kier molecular flexibility index (Phi) is 2.52. The molecule has 1 rings (SSSR count). The topological polar surface area (TPSA) is 9.23 Å². The Morgan fingerprint density at radius 1 is 1.56 bits per heavy atom. The van der Waals surface area contributed by atoms with Crippen LogP contribution in [-0.4, -0.2) is 12.7 Å². The van der Waals surface area contributed by atoms with Gasteiger partial charge in [0.2, 0.25) is 0 Å². The van der Waals surface area contributed by atoms with E-state index in [-0.39, 0.29) is 0 Å². The first kappa shape index (κ1) is 7.07. The summed E-state index contributed by atoms with van der Waals surface area (Å²) in [6.45, 7) is 5.53. The maximum absolute atomic E-state index is 5.28. The lowest BCUT2D eigenvalue weighted by Crippen LogP contribution is -2.26. The molecular formula is C8H16O. The van der Waals surface area contributed by atoms with Crippen molar-refractivity contribution in [3.8, 4) is 0 Å². The van der Waals surface area contributed by atoms with E-state index in [0.29, 0.717) is 6.10 Å². The van der Waals surface area contributed by atoms with Crippen LogP contribution in [0.3, 0.4) is 0 Å². The minimum atomic E-state index is 0.618. The van der Waals surface area contributed by atoms with E-state index in [0.717, 1.165) is 12.5 Å². The van der Waals surface area contributed by atoms with Gasteiger partial charge in [-0.25, -0.2) is 0 Å². The second-order valence-corrected chi connectivity index (χ2v) is 3.25. The molecule has 9 heavy (non-hydrogen) atoms. The molecule has 0 radical (unpaired) electrons. The van der Waals surface area contributed by atoms with Crippen LogP contribution in [0.2, 0.25) is 0 Å². The fourth-order valence-corrected chi connectivity index (χ4v) is 1.03. The van der Waals surface area contributed by atoms with Gasteiger partial charge >= 0.3 is 0 Å². The number of hydrogen-bond acceptors (Lipinski definition) is 1. The molecule has 1 nitrogen and oxygen atoms in total. The Bertz CT molecular complexity index is 74.6. The van der Waals surface area contributed by atoms with Crippen LogP contribution >= 0.6 is 0 Å². The van der Waals surface area contributed by atoms with E-state index < -0.39 is 0 Å². The van der Waals surface area contributed by atoms with Crippen LogP contribution < -0.4 is 0 Å². The average Bonchev–Trinajstić information content (AvgIpc) is 1.60. The van der Waals surface area contributed by atoms with Gasteiger partial charge in [-0.2, -0.15) is 0 Å². The zero-order valence-corrected chi connectivity index (χ0v) is 6.39. The van der Waals surface area contributed by atoms with Crippen molar-refractivity contribution in [2.24, 2.45) is 5.92 Å². The van der Waals surface area contributed by atoms with Crippen LogP contribution in [-0.2, 0) is 4.74 Å². The first-order valence-electron chi connectivity index (χ1n) is 3.90. The van der Waals surface area contributed by atoms with Gasteiger partial charge in [0, 0.05) is 6.61 Å². The highest BCUT2D eigenvalue weighted by atomic mass is 16.5. The van der Waals surface area contributed by atoms with E-state index in [2.05, 4.69) is 13.8 Å². The SMILES string of the molecule is CC(C)CCC1CCO1. The van der Waals surface area contributed by atoms with Gasteiger partial charge in [-0.3, -0.25) is 0 Å². The molecule has 0 bridgehead atoms. The molecule has 1 fully saturated rings. The molecule has 0 saturated carbocycles. The van der Waals surface area contributed by atoms with E-state index in [9.17, 15) is 0 Å². The molecule has 1 saturated heterocycles. The molecule has 0 amide bonds. The van der Waals surface area contributed by atoms with Gasteiger partial charge in [-0.1, -0.05) is 13.8 Å². The standard InChI is InChI=1S/C8H16O/c1-7(2)3-4-8-5-6-9-8/h7-8H,3-6H2,1-2H3. The second kappa shape index (κ2) is 3.21. The highest BCUT2D eigenvalue weighted by Crippen LogP contribution is 2.18. The van der Waals surface area contributed by atoms with Crippen LogP contribution in [0.15, 0.2) is 0 Å². The van der Waals surface area contributed by atoms with E-state index in [1.807, 2.05) is 0 Å². The first-order valence-corrected chi connectivity index (χ1v) is 3.90. The lowest BCUT2D eigenvalue weighted by Gasteiger charge is -2.26. The molecule has 1 aliphatic heterocycles. The molecule has 0 aromatic rings. The third kappa shape index (κ3) is 2.35. The van der Waals surface area contributed by atoms with Crippen molar-refractivity contribution < 1.29 is 4.74 Å². The monoisotopic (exact) mass is 128 g/mol. The van der Waals surface area contributed by atoms with Crippen molar-refractivity contribution in [2.45, 2.75) is 39.2 Å². The molecule has 0 aromatic carbocycles. The van der Waals surface area contributed by atoms with Crippen molar-refractivity contribution in [3.63, 3.8) is 0 Å². The first-order chi connectivity index (χ1) is 4.29. The fourth-order valence-electron chi connectivity index (χ4n) is 1.03. The van der Waals surface area contributed by atoms with Crippen molar-refractivity contribution in [1.29, 1.82) is 0 Å². The summed E-state index contributed by atoms with van der Waals surface area (Å²) >= 11 is 0. The summed E-state index contributed by atoms with van der Waals surface area (Å²) in [4.78, 5) is 0. The zero-order valence-electron chi connectivity index (χ0n) is 6.39. The van der Waals surface area contributed by atoms with E-state index in [1.54, 1.807) is 0 Å². The Balaban J connectivity index is 1.91. The summed E-state index contributed by atoms with van der Waals surface area (Å²) in [5.41, 5.74) is 0. The van der Waals surface area contributed by atoms with Crippen LogP contribution in [0, 0.1) is 5.92 Å².